The van der Waals surface area contributed by atoms with Crippen LogP contribution in [0.3, 0.4) is 0 Å². The van der Waals surface area contributed by atoms with Crippen LogP contribution in [-0.2, 0) is 16.1 Å². The summed E-state index contributed by atoms with van der Waals surface area (Å²) in [6.45, 7) is 0.450. The van der Waals surface area contributed by atoms with Crippen LogP contribution in [0.15, 0.2) is 18.5 Å². The molecule has 0 bridgehead atoms. The van der Waals surface area contributed by atoms with Gasteiger partial charge in [0.1, 0.15) is 0 Å². The highest BCUT2D eigenvalue weighted by molar-refractivity contribution is 5.89. The summed E-state index contributed by atoms with van der Waals surface area (Å²) in [5, 5.41) is 11.3. The second kappa shape index (κ2) is 3.76. The highest BCUT2D eigenvalue weighted by Crippen LogP contribution is 2.38. The van der Waals surface area contributed by atoms with Crippen molar-refractivity contribution in [2.45, 2.75) is 13.0 Å². The van der Waals surface area contributed by atoms with E-state index >= 15 is 0 Å². The number of carbonyl (C=O) groups excluding carboxylic acids is 1. The van der Waals surface area contributed by atoms with Gasteiger partial charge in [-0.2, -0.15) is 0 Å². The van der Waals surface area contributed by atoms with Crippen molar-refractivity contribution in [1.82, 2.24) is 10.3 Å². The Morgan fingerprint density at radius 3 is 2.87 bits per heavy atom. The Balaban J connectivity index is 1.77. The summed E-state index contributed by atoms with van der Waals surface area (Å²) < 4.78 is 0. The summed E-state index contributed by atoms with van der Waals surface area (Å²) >= 11 is 0. The van der Waals surface area contributed by atoms with Crippen LogP contribution in [0.2, 0.25) is 0 Å². The van der Waals surface area contributed by atoms with Crippen molar-refractivity contribution in [1.29, 1.82) is 0 Å². The van der Waals surface area contributed by atoms with Crippen molar-refractivity contribution in [2.75, 3.05) is 0 Å². The molecule has 0 spiro atoms. The molecule has 1 aromatic heterocycles. The number of carbonyl (C=O) groups is 2. The predicted octanol–water partition coefficient (Wildman–Crippen LogP) is 0.352. The van der Waals surface area contributed by atoms with Gasteiger partial charge in [-0.3, -0.25) is 9.59 Å². The van der Waals surface area contributed by atoms with Gasteiger partial charge in [0.25, 0.3) is 0 Å². The highest BCUT2D eigenvalue weighted by Gasteiger charge is 2.48. The summed E-state index contributed by atoms with van der Waals surface area (Å²) in [4.78, 5) is 24.8. The van der Waals surface area contributed by atoms with Crippen molar-refractivity contribution in [3.63, 3.8) is 0 Å². The van der Waals surface area contributed by atoms with Crippen LogP contribution in [0.1, 0.15) is 12.0 Å². The molecule has 3 N–H and O–H groups in total. The Labute approximate surface area is 86.5 Å². The first-order valence-electron chi connectivity index (χ1n) is 4.80. The molecule has 1 amide bonds. The molecule has 2 rings (SSSR count). The minimum atomic E-state index is -0.878. The summed E-state index contributed by atoms with van der Waals surface area (Å²) in [5.41, 5.74) is 0.982. The Morgan fingerprint density at radius 2 is 2.33 bits per heavy atom. The molecular weight excluding hydrogens is 196 g/mol. The second-order valence-electron chi connectivity index (χ2n) is 3.72. The first kappa shape index (κ1) is 9.76. The normalized spacial score (nSPS) is 23.5. The molecule has 2 atom stereocenters. The number of carboxylic acid groups (broad SMARTS) is 1. The van der Waals surface area contributed by atoms with E-state index in [0.717, 1.165) is 5.56 Å². The molecule has 80 valence electrons. The maximum absolute atomic E-state index is 11.4. The monoisotopic (exact) mass is 208 g/mol. The molecule has 0 aromatic carbocycles. The van der Waals surface area contributed by atoms with E-state index in [9.17, 15) is 9.59 Å². The first-order chi connectivity index (χ1) is 7.18. The molecule has 1 aliphatic carbocycles. The number of hydrogen-bond acceptors (Lipinski definition) is 2. The number of amides is 1. The molecule has 1 fully saturated rings. The van der Waals surface area contributed by atoms with E-state index in [1.54, 1.807) is 12.4 Å². The number of aliphatic carboxylic acids is 1. The second-order valence-corrected chi connectivity index (χ2v) is 3.72. The zero-order chi connectivity index (χ0) is 10.8. The quantitative estimate of drug-likeness (QED) is 0.667. The molecule has 1 heterocycles. The number of aromatic nitrogens is 1. The van der Waals surface area contributed by atoms with Crippen LogP contribution < -0.4 is 5.32 Å². The molecular formula is C10H12N2O3. The average molecular weight is 208 g/mol. The Bertz CT molecular complexity index is 372. The van der Waals surface area contributed by atoms with Crippen molar-refractivity contribution in [3.8, 4) is 0 Å². The number of nitrogens with one attached hydrogen (secondary N) is 2. The highest BCUT2D eigenvalue weighted by atomic mass is 16.4. The standard InChI is InChI=1S/C10H12N2O3/c13-9(7-3-8(7)10(14)15)12-5-6-1-2-11-4-6/h1-2,4,7-8,11H,3,5H2,(H,12,13)(H,14,15)/t7-,8+/m1/s1. The lowest BCUT2D eigenvalue weighted by molar-refractivity contribution is -0.140. The average Bonchev–Trinajstić information content (AvgIpc) is 2.85. The lowest BCUT2D eigenvalue weighted by atomic mass is 10.3. The van der Waals surface area contributed by atoms with Gasteiger partial charge < -0.3 is 15.4 Å². The third-order valence-corrected chi connectivity index (χ3v) is 2.57. The SMILES string of the molecule is O=C(O)[C@H]1C[C@H]1C(=O)NCc1cc[nH]c1. The van der Waals surface area contributed by atoms with Gasteiger partial charge in [0.2, 0.25) is 5.91 Å². The Hall–Kier alpha value is -1.78. The molecule has 1 aliphatic rings. The summed E-state index contributed by atoms with van der Waals surface area (Å²) in [7, 11) is 0. The van der Waals surface area contributed by atoms with E-state index in [1.807, 2.05) is 6.07 Å². The first-order valence-corrected chi connectivity index (χ1v) is 4.80. The molecule has 1 aromatic rings. The van der Waals surface area contributed by atoms with Gasteiger partial charge in [-0.1, -0.05) is 0 Å². The molecule has 1 saturated carbocycles. The van der Waals surface area contributed by atoms with E-state index in [0.29, 0.717) is 13.0 Å². The molecule has 5 heteroatoms. The van der Waals surface area contributed by atoms with E-state index in [2.05, 4.69) is 10.3 Å². The van der Waals surface area contributed by atoms with Crippen LogP contribution in [0.4, 0.5) is 0 Å². The molecule has 0 saturated heterocycles. The Kier molecular flexibility index (Phi) is 2.45. The molecule has 0 aliphatic heterocycles. The third kappa shape index (κ3) is 2.18. The maximum atomic E-state index is 11.4. The fraction of sp³-hybridized carbons (Fsp3) is 0.400. The van der Waals surface area contributed by atoms with Crippen LogP contribution in [0.5, 0.6) is 0 Å². The lowest BCUT2D eigenvalue weighted by Gasteiger charge is -2.01. The topological polar surface area (TPSA) is 82.2 Å². The number of H-pyrrole nitrogens is 1. The van der Waals surface area contributed by atoms with Crippen molar-refractivity contribution < 1.29 is 14.7 Å². The molecule has 0 radical (unpaired) electrons. The molecule has 5 nitrogen and oxygen atoms in total. The van der Waals surface area contributed by atoms with Gasteiger partial charge in [-0.05, 0) is 18.1 Å². The van der Waals surface area contributed by atoms with Gasteiger partial charge in [0, 0.05) is 18.9 Å². The van der Waals surface area contributed by atoms with E-state index in [4.69, 9.17) is 5.11 Å². The third-order valence-electron chi connectivity index (χ3n) is 2.57. The van der Waals surface area contributed by atoms with Gasteiger partial charge >= 0.3 is 5.97 Å². The number of hydrogen-bond donors (Lipinski definition) is 3. The van der Waals surface area contributed by atoms with Crippen LogP contribution in [0.25, 0.3) is 0 Å². The summed E-state index contributed by atoms with van der Waals surface area (Å²) in [6, 6.07) is 1.86. The predicted molar refractivity (Wildman–Crippen MR) is 51.9 cm³/mol. The van der Waals surface area contributed by atoms with Crippen molar-refractivity contribution in [2.24, 2.45) is 11.8 Å². The smallest absolute Gasteiger partial charge is 0.307 e. The number of aromatic amines is 1. The number of carboxylic acids is 1. The van der Waals surface area contributed by atoms with E-state index in [1.165, 1.54) is 0 Å². The minimum absolute atomic E-state index is 0.163. The van der Waals surface area contributed by atoms with Crippen LogP contribution in [0, 0.1) is 11.8 Å². The van der Waals surface area contributed by atoms with E-state index < -0.39 is 11.9 Å². The van der Waals surface area contributed by atoms with Crippen LogP contribution >= 0.6 is 0 Å². The zero-order valence-electron chi connectivity index (χ0n) is 8.06. The van der Waals surface area contributed by atoms with Gasteiger partial charge in [0.05, 0.1) is 11.8 Å². The van der Waals surface area contributed by atoms with Crippen molar-refractivity contribution in [3.05, 3.63) is 24.0 Å². The fourth-order valence-electron chi connectivity index (χ4n) is 1.55. The maximum Gasteiger partial charge on any atom is 0.307 e. The Morgan fingerprint density at radius 1 is 1.53 bits per heavy atom. The molecule has 15 heavy (non-hydrogen) atoms. The van der Waals surface area contributed by atoms with Crippen molar-refractivity contribution >= 4 is 11.9 Å². The van der Waals surface area contributed by atoms with E-state index in [-0.39, 0.29) is 11.8 Å². The van der Waals surface area contributed by atoms with Gasteiger partial charge in [-0.15, -0.1) is 0 Å². The molecule has 0 unspecified atom stereocenters. The zero-order valence-corrected chi connectivity index (χ0v) is 8.06. The summed E-state index contributed by atoms with van der Waals surface area (Å²) in [6.07, 6.45) is 4.04. The fourth-order valence-corrected chi connectivity index (χ4v) is 1.55. The van der Waals surface area contributed by atoms with Gasteiger partial charge in [0.15, 0.2) is 0 Å². The van der Waals surface area contributed by atoms with Crippen LogP contribution in [-0.4, -0.2) is 22.0 Å². The van der Waals surface area contributed by atoms with Gasteiger partial charge in [-0.25, -0.2) is 0 Å². The lowest BCUT2D eigenvalue weighted by Crippen LogP contribution is -2.25. The minimum Gasteiger partial charge on any atom is -0.481 e. The largest absolute Gasteiger partial charge is 0.481 e. The number of rotatable bonds is 4. The summed E-state index contributed by atoms with van der Waals surface area (Å²) in [5.74, 6) is -1.85.